The molecule has 1 aromatic carbocycles. The molecule has 0 spiro atoms. The maximum absolute atomic E-state index is 15.0. The lowest BCUT2D eigenvalue weighted by Gasteiger charge is -2.39. The molecule has 0 aliphatic carbocycles. The highest BCUT2D eigenvalue weighted by Crippen LogP contribution is 2.46. The molecule has 0 radical (unpaired) electrons. The Kier molecular flexibility index (Phi) is 6.60. The molecule has 1 N–H and O–H groups in total. The fourth-order valence-electron chi connectivity index (χ4n) is 5.01. The van der Waals surface area contributed by atoms with Crippen LogP contribution in [0.2, 0.25) is 5.02 Å². The van der Waals surface area contributed by atoms with Gasteiger partial charge in [0.1, 0.15) is 40.1 Å². The standard InChI is InChI=1S/C27H27ClFN5O4/c1-5-19(36)32-9-10-33-16(12-32)13-38-26-21(27(33)37)24(25-15(4)11-30-34(25)14(2)3)31-23(22(26)28)20-17(29)7-6-8-18(20)35/h5-8,11,14,16,35H,1,9-10,12-13H2,2-4H3. The number of hydrogen-bond acceptors (Lipinski definition) is 6. The number of nitrogens with zero attached hydrogens (tertiary/aromatic N) is 5. The Morgan fingerprint density at radius 3 is 2.74 bits per heavy atom. The normalized spacial score (nSPS) is 17.1. The van der Waals surface area contributed by atoms with Gasteiger partial charge in [-0.3, -0.25) is 14.3 Å². The first-order valence-corrected chi connectivity index (χ1v) is 12.6. The van der Waals surface area contributed by atoms with Gasteiger partial charge in [0.2, 0.25) is 5.91 Å². The van der Waals surface area contributed by atoms with Gasteiger partial charge < -0.3 is 19.6 Å². The summed E-state index contributed by atoms with van der Waals surface area (Å²) < 4.78 is 22.9. The number of phenols is 1. The first kappa shape index (κ1) is 25.7. The minimum atomic E-state index is -0.727. The molecule has 5 rings (SSSR count). The molecule has 2 aliphatic heterocycles. The molecular formula is C27H27ClFN5O4. The molecular weight excluding hydrogens is 513 g/mol. The molecule has 2 aliphatic rings. The molecule has 11 heteroatoms. The number of carbonyl (C=O) groups is 2. The van der Waals surface area contributed by atoms with Gasteiger partial charge in [-0.15, -0.1) is 0 Å². The number of rotatable bonds is 4. The number of fused-ring (bicyclic) bond motifs is 2. The highest BCUT2D eigenvalue weighted by atomic mass is 35.5. The van der Waals surface area contributed by atoms with Crippen molar-refractivity contribution in [2.75, 3.05) is 26.2 Å². The summed E-state index contributed by atoms with van der Waals surface area (Å²) in [5, 5.41) is 14.9. The van der Waals surface area contributed by atoms with Crippen molar-refractivity contribution in [2.45, 2.75) is 32.9 Å². The molecule has 2 aromatic heterocycles. The Morgan fingerprint density at radius 1 is 1.29 bits per heavy atom. The smallest absolute Gasteiger partial charge is 0.260 e. The lowest BCUT2D eigenvalue weighted by molar-refractivity contribution is -0.128. The third-order valence-corrected chi connectivity index (χ3v) is 7.23. The monoisotopic (exact) mass is 539 g/mol. The Balaban J connectivity index is 1.76. The molecule has 1 unspecified atom stereocenters. The first-order valence-electron chi connectivity index (χ1n) is 12.2. The molecule has 1 fully saturated rings. The van der Waals surface area contributed by atoms with E-state index in [1.165, 1.54) is 24.3 Å². The Bertz CT molecular complexity index is 1450. The lowest BCUT2D eigenvalue weighted by Crippen LogP contribution is -2.57. The zero-order valence-electron chi connectivity index (χ0n) is 21.2. The van der Waals surface area contributed by atoms with Crippen molar-refractivity contribution in [3.63, 3.8) is 0 Å². The maximum atomic E-state index is 15.0. The van der Waals surface area contributed by atoms with Gasteiger partial charge in [0.25, 0.3) is 5.91 Å². The van der Waals surface area contributed by atoms with Crippen molar-refractivity contribution in [1.29, 1.82) is 0 Å². The van der Waals surface area contributed by atoms with Crippen molar-refractivity contribution in [2.24, 2.45) is 0 Å². The van der Waals surface area contributed by atoms with E-state index in [-0.39, 0.29) is 76.6 Å². The van der Waals surface area contributed by atoms with Gasteiger partial charge in [0.05, 0.1) is 23.5 Å². The molecule has 198 valence electrons. The number of benzene rings is 1. The Hall–Kier alpha value is -3.92. The van der Waals surface area contributed by atoms with Crippen LogP contribution < -0.4 is 4.74 Å². The molecule has 9 nitrogen and oxygen atoms in total. The van der Waals surface area contributed by atoms with Gasteiger partial charge in [-0.25, -0.2) is 9.37 Å². The molecule has 2 amide bonds. The zero-order chi connectivity index (χ0) is 27.3. The van der Waals surface area contributed by atoms with Crippen molar-refractivity contribution < 1.29 is 23.8 Å². The van der Waals surface area contributed by atoms with Gasteiger partial charge in [-0.1, -0.05) is 24.2 Å². The fourth-order valence-corrected chi connectivity index (χ4v) is 5.30. The Morgan fingerprint density at radius 2 is 2.05 bits per heavy atom. The molecule has 38 heavy (non-hydrogen) atoms. The number of aromatic nitrogens is 3. The second kappa shape index (κ2) is 9.75. The lowest BCUT2D eigenvalue weighted by atomic mass is 10.0. The largest absolute Gasteiger partial charge is 0.507 e. The number of aromatic hydroxyl groups is 1. The van der Waals surface area contributed by atoms with Gasteiger partial charge in [0, 0.05) is 25.7 Å². The maximum Gasteiger partial charge on any atom is 0.260 e. The van der Waals surface area contributed by atoms with E-state index in [2.05, 4.69) is 11.7 Å². The summed E-state index contributed by atoms with van der Waals surface area (Å²) in [6.45, 7) is 10.2. The zero-order valence-corrected chi connectivity index (χ0v) is 22.0. The third-order valence-electron chi connectivity index (χ3n) is 6.88. The first-order chi connectivity index (χ1) is 18.1. The van der Waals surface area contributed by atoms with Gasteiger partial charge in [0.15, 0.2) is 5.75 Å². The van der Waals surface area contributed by atoms with Crippen LogP contribution in [0.1, 0.15) is 35.8 Å². The van der Waals surface area contributed by atoms with E-state index in [0.717, 1.165) is 5.56 Å². The van der Waals surface area contributed by atoms with Crippen molar-refractivity contribution >= 4 is 23.4 Å². The summed E-state index contributed by atoms with van der Waals surface area (Å²) in [5.74, 6) is -1.62. The van der Waals surface area contributed by atoms with Crippen LogP contribution in [0.4, 0.5) is 4.39 Å². The Labute approximate surface area is 224 Å². The van der Waals surface area contributed by atoms with Crippen LogP contribution in [0.5, 0.6) is 11.5 Å². The van der Waals surface area contributed by atoms with Crippen molar-refractivity contribution in [3.05, 3.63) is 59.0 Å². The van der Waals surface area contributed by atoms with E-state index >= 15 is 4.39 Å². The summed E-state index contributed by atoms with van der Waals surface area (Å²) in [5.41, 5.74) is 1.40. The quantitative estimate of drug-likeness (QED) is 0.498. The average molecular weight is 540 g/mol. The van der Waals surface area contributed by atoms with E-state index in [0.29, 0.717) is 12.2 Å². The second-order valence-electron chi connectivity index (χ2n) is 9.63. The summed E-state index contributed by atoms with van der Waals surface area (Å²) in [6.07, 6.45) is 2.91. The molecule has 3 aromatic rings. The molecule has 1 atom stereocenters. The number of hydrogen-bond donors (Lipinski definition) is 1. The number of halogens is 2. The van der Waals surface area contributed by atoms with Crippen LogP contribution in [0.15, 0.2) is 37.1 Å². The number of piperazine rings is 1. The average Bonchev–Trinajstić information content (AvgIpc) is 3.21. The van der Waals surface area contributed by atoms with Gasteiger partial charge in [-0.05, 0) is 44.5 Å². The number of carbonyl (C=O) groups excluding carboxylic acids is 2. The van der Waals surface area contributed by atoms with Crippen LogP contribution in [-0.2, 0) is 4.79 Å². The number of pyridine rings is 1. The van der Waals surface area contributed by atoms with Crippen molar-refractivity contribution in [3.8, 4) is 34.1 Å². The summed E-state index contributed by atoms with van der Waals surface area (Å²) in [6, 6.07) is 3.37. The van der Waals surface area contributed by atoms with E-state index in [1.54, 1.807) is 20.7 Å². The number of phenolic OH excluding ortho intramolecular Hbond substituents is 1. The highest BCUT2D eigenvalue weighted by Gasteiger charge is 2.40. The minimum absolute atomic E-state index is 0.0474. The number of ether oxygens (including phenoxy) is 1. The predicted octanol–water partition coefficient (Wildman–Crippen LogP) is 4.23. The number of amides is 2. The predicted molar refractivity (Wildman–Crippen MR) is 140 cm³/mol. The third kappa shape index (κ3) is 4.09. The second-order valence-corrected chi connectivity index (χ2v) is 10.0. The fraction of sp³-hybridized carbons (Fsp3) is 0.333. The molecule has 4 heterocycles. The molecule has 0 saturated carbocycles. The van der Waals surface area contributed by atoms with Crippen LogP contribution >= 0.6 is 11.6 Å². The van der Waals surface area contributed by atoms with E-state index < -0.39 is 11.9 Å². The summed E-state index contributed by atoms with van der Waals surface area (Å²) in [7, 11) is 0. The topological polar surface area (TPSA) is 101 Å². The van der Waals surface area contributed by atoms with Crippen LogP contribution in [0.3, 0.4) is 0 Å². The van der Waals surface area contributed by atoms with Crippen LogP contribution in [0.25, 0.3) is 22.6 Å². The van der Waals surface area contributed by atoms with Gasteiger partial charge in [-0.2, -0.15) is 5.10 Å². The van der Waals surface area contributed by atoms with Crippen molar-refractivity contribution in [1.82, 2.24) is 24.6 Å². The summed E-state index contributed by atoms with van der Waals surface area (Å²) >= 11 is 6.78. The van der Waals surface area contributed by atoms with E-state index in [1.807, 2.05) is 20.8 Å². The molecule has 1 saturated heterocycles. The summed E-state index contributed by atoms with van der Waals surface area (Å²) in [4.78, 5) is 34.4. The van der Waals surface area contributed by atoms with E-state index in [9.17, 15) is 14.7 Å². The minimum Gasteiger partial charge on any atom is -0.507 e. The van der Waals surface area contributed by atoms with E-state index in [4.69, 9.17) is 21.3 Å². The van der Waals surface area contributed by atoms with Crippen LogP contribution in [0, 0.1) is 12.7 Å². The SMILES string of the molecule is C=CC(=O)N1CCN2C(=O)c3c(-c4c(C)cnn4C(C)C)nc(-c4c(O)cccc4F)c(Cl)c3OCC2C1. The number of aryl methyl sites for hydroxylation is 1. The van der Waals surface area contributed by atoms with Gasteiger partial charge >= 0.3 is 0 Å². The molecule has 0 bridgehead atoms. The van der Waals surface area contributed by atoms with Crippen LogP contribution in [-0.4, -0.2) is 73.8 Å². The highest BCUT2D eigenvalue weighted by molar-refractivity contribution is 6.35.